The number of amides is 1. The number of hydrogen-bond acceptors (Lipinski definition) is 3. The molecule has 0 radical (unpaired) electrons. The number of ether oxygens (including phenoxy) is 2. The molecule has 0 atom stereocenters. The van der Waals surface area contributed by atoms with Crippen molar-refractivity contribution in [1.29, 1.82) is 0 Å². The van der Waals surface area contributed by atoms with Gasteiger partial charge >= 0.3 is 0 Å². The van der Waals surface area contributed by atoms with E-state index in [9.17, 15) is 9.18 Å². The minimum atomic E-state index is -0.256. The van der Waals surface area contributed by atoms with Gasteiger partial charge in [0, 0.05) is 18.7 Å². The Morgan fingerprint density at radius 3 is 2.67 bits per heavy atom. The summed E-state index contributed by atoms with van der Waals surface area (Å²) in [6.45, 7) is 0.615. The molecule has 0 bridgehead atoms. The summed E-state index contributed by atoms with van der Waals surface area (Å²) < 4.78 is 23.8. The molecule has 2 aromatic rings. The number of methoxy groups -OCH3 is 2. The Balaban J connectivity index is 1.67. The molecule has 4 nitrogen and oxygen atoms in total. The highest BCUT2D eigenvalue weighted by Crippen LogP contribution is 2.30. The molecule has 0 saturated carbocycles. The lowest BCUT2D eigenvalue weighted by Gasteiger charge is -2.17. The van der Waals surface area contributed by atoms with Crippen molar-refractivity contribution >= 4 is 11.6 Å². The second-order valence-electron chi connectivity index (χ2n) is 5.76. The van der Waals surface area contributed by atoms with Crippen molar-refractivity contribution in [3.63, 3.8) is 0 Å². The normalized spacial score (nSPS) is 12.9. The molecule has 0 N–H and O–H groups in total. The highest BCUT2D eigenvalue weighted by molar-refractivity contribution is 5.95. The summed E-state index contributed by atoms with van der Waals surface area (Å²) in [5.41, 5.74) is 2.74. The molecule has 126 valence electrons. The number of benzene rings is 2. The Hall–Kier alpha value is -2.56. The maximum atomic E-state index is 13.3. The van der Waals surface area contributed by atoms with Gasteiger partial charge in [0.05, 0.1) is 14.2 Å². The molecule has 5 heteroatoms. The molecule has 0 spiro atoms. The second kappa shape index (κ2) is 6.91. The molecule has 1 aliphatic heterocycles. The summed E-state index contributed by atoms with van der Waals surface area (Å²) in [5.74, 6) is 1.12. The number of fused-ring (bicyclic) bond motifs is 1. The monoisotopic (exact) mass is 329 g/mol. The van der Waals surface area contributed by atoms with Crippen LogP contribution in [-0.2, 0) is 17.6 Å². The number of halogens is 1. The average Bonchev–Trinajstić information content (AvgIpc) is 3.02. The number of hydrogen-bond donors (Lipinski definition) is 0. The van der Waals surface area contributed by atoms with Crippen LogP contribution in [0.25, 0.3) is 0 Å². The molecule has 0 unspecified atom stereocenters. The number of rotatable bonds is 5. The highest BCUT2D eigenvalue weighted by atomic mass is 19.1. The van der Waals surface area contributed by atoms with Gasteiger partial charge in [-0.05, 0) is 54.3 Å². The Kier molecular flexibility index (Phi) is 4.69. The van der Waals surface area contributed by atoms with Crippen LogP contribution in [0.4, 0.5) is 10.1 Å². The Morgan fingerprint density at radius 2 is 1.92 bits per heavy atom. The highest BCUT2D eigenvalue weighted by Gasteiger charge is 2.24. The first-order valence-electron chi connectivity index (χ1n) is 7.92. The van der Waals surface area contributed by atoms with E-state index in [4.69, 9.17) is 9.47 Å². The third-order valence-corrected chi connectivity index (χ3v) is 4.31. The minimum Gasteiger partial charge on any atom is -0.493 e. The fourth-order valence-corrected chi connectivity index (χ4v) is 3.05. The van der Waals surface area contributed by atoms with Crippen LogP contribution < -0.4 is 14.4 Å². The molecular formula is C19H20FNO3. The molecule has 24 heavy (non-hydrogen) atoms. The third-order valence-electron chi connectivity index (χ3n) is 4.31. The van der Waals surface area contributed by atoms with Crippen LogP contribution in [-0.4, -0.2) is 26.7 Å². The predicted molar refractivity (Wildman–Crippen MR) is 90.3 cm³/mol. The fraction of sp³-hybridized carbons (Fsp3) is 0.316. The van der Waals surface area contributed by atoms with Crippen LogP contribution >= 0.6 is 0 Å². The van der Waals surface area contributed by atoms with E-state index in [0.29, 0.717) is 37.3 Å². The number of aryl methyl sites for hydroxylation is 1. The largest absolute Gasteiger partial charge is 0.493 e. The zero-order valence-electron chi connectivity index (χ0n) is 13.8. The first kappa shape index (κ1) is 16.3. The van der Waals surface area contributed by atoms with E-state index in [1.807, 2.05) is 18.2 Å². The summed E-state index contributed by atoms with van der Waals surface area (Å²) in [5, 5.41) is 0. The number of carbonyl (C=O) groups is 1. The fourth-order valence-electron chi connectivity index (χ4n) is 3.05. The van der Waals surface area contributed by atoms with Crippen molar-refractivity contribution in [2.75, 3.05) is 25.7 Å². The van der Waals surface area contributed by atoms with Crippen LogP contribution in [0.2, 0.25) is 0 Å². The van der Waals surface area contributed by atoms with Gasteiger partial charge < -0.3 is 14.4 Å². The van der Waals surface area contributed by atoms with Gasteiger partial charge in [-0.2, -0.15) is 0 Å². The van der Waals surface area contributed by atoms with E-state index in [-0.39, 0.29) is 11.7 Å². The van der Waals surface area contributed by atoms with Crippen LogP contribution in [0.3, 0.4) is 0 Å². The van der Waals surface area contributed by atoms with Crippen molar-refractivity contribution in [2.24, 2.45) is 0 Å². The molecule has 3 rings (SSSR count). The topological polar surface area (TPSA) is 38.8 Å². The summed E-state index contributed by atoms with van der Waals surface area (Å²) in [4.78, 5) is 14.3. The summed E-state index contributed by atoms with van der Waals surface area (Å²) in [6.07, 6.45) is 1.72. The van der Waals surface area contributed by atoms with E-state index in [1.54, 1.807) is 25.2 Å². The van der Waals surface area contributed by atoms with Gasteiger partial charge in [-0.1, -0.05) is 6.07 Å². The molecular weight excluding hydrogens is 309 g/mol. The summed E-state index contributed by atoms with van der Waals surface area (Å²) in [6, 6.07) is 10.3. The Bertz CT molecular complexity index is 760. The van der Waals surface area contributed by atoms with Crippen LogP contribution in [0, 0.1) is 5.82 Å². The first-order valence-corrected chi connectivity index (χ1v) is 7.92. The summed E-state index contributed by atoms with van der Waals surface area (Å²) in [7, 11) is 3.18. The number of anilines is 1. The van der Waals surface area contributed by atoms with Gasteiger partial charge in [0.15, 0.2) is 11.5 Å². The molecule has 1 aliphatic rings. The standard InChI is InChI=1S/C19H20FNO3/c1-23-17-7-3-13(11-18(17)24-2)4-8-19(22)21-10-9-14-12-15(20)5-6-16(14)21/h3,5-7,11-12H,4,8-10H2,1-2H3. The van der Waals surface area contributed by atoms with Crippen LogP contribution in [0.15, 0.2) is 36.4 Å². The maximum absolute atomic E-state index is 13.3. The molecule has 0 fully saturated rings. The molecule has 1 amide bonds. The molecule has 0 aliphatic carbocycles. The van der Waals surface area contributed by atoms with E-state index < -0.39 is 0 Å². The lowest BCUT2D eigenvalue weighted by Crippen LogP contribution is -2.29. The van der Waals surface area contributed by atoms with E-state index in [1.165, 1.54) is 12.1 Å². The molecule has 2 aromatic carbocycles. The smallest absolute Gasteiger partial charge is 0.227 e. The average molecular weight is 329 g/mol. The Labute approximate surface area is 140 Å². The van der Waals surface area contributed by atoms with Crippen molar-refractivity contribution in [3.8, 4) is 11.5 Å². The number of nitrogens with zero attached hydrogens (tertiary/aromatic N) is 1. The predicted octanol–water partition coefficient (Wildman–Crippen LogP) is 3.36. The van der Waals surface area contributed by atoms with Crippen molar-refractivity contribution in [1.82, 2.24) is 0 Å². The van der Waals surface area contributed by atoms with E-state index >= 15 is 0 Å². The van der Waals surface area contributed by atoms with Crippen molar-refractivity contribution < 1.29 is 18.7 Å². The minimum absolute atomic E-state index is 0.0511. The van der Waals surface area contributed by atoms with Gasteiger partial charge in [-0.25, -0.2) is 4.39 Å². The first-order chi connectivity index (χ1) is 11.6. The van der Waals surface area contributed by atoms with Crippen molar-refractivity contribution in [3.05, 3.63) is 53.3 Å². The third kappa shape index (κ3) is 3.20. The van der Waals surface area contributed by atoms with Gasteiger partial charge in [0.25, 0.3) is 0 Å². The van der Waals surface area contributed by atoms with Gasteiger partial charge in [0.2, 0.25) is 5.91 Å². The zero-order valence-corrected chi connectivity index (χ0v) is 13.8. The van der Waals surface area contributed by atoms with Gasteiger partial charge in [0.1, 0.15) is 5.82 Å². The lowest BCUT2D eigenvalue weighted by atomic mass is 10.1. The molecule has 0 aromatic heterocycles. The molecule has 0 saturated heterocycles. The number of carbonyl (C=O) groups excluding carboxylic acids is 1. The molecule has 1 heterocycles. The summed E-state index contributed by atoms with van der Waals surface area (Å²) >= 11 is 0. The van der Waals surface area contributed by atoms with Gasteiger partial charge in [-0.15, -0.1) is 0 Å². The quantitative estimate of drug-likeness (QED) is 0.844. The maximum Gasteiger partial charge on any atom is 0.227 e. The van der Waals surface area contributed by atoms with E-state index in [0.717, 1.165) is 16.8 Å². The second-order valence-corrected chi connectivity index (χ2v) is 5.76. The van der Waals surface area contributed by atoms with Crippen LogP contribution in [0.5, 0.6) is 11.5 Å². The lowest BCUT2D eigenvalue weighted by molar-refractivity contribution is -0.118. The van der Waals surface area contributed by atoms with E-state index in [2.05, 4.69) is 0 Å². The Morgan fingerprint density at radius 1 is 1.12 bits per heavy atom. The van der Waals surface area contributed by atoms with Gasteiger partial charge in [-0.3, -0.25) is 4.79 Å². The SMILES string of the molecule is COc1ccc(CCC(=O)N2CCc3cc(F)ccc32)cc1OC. The zero-order chi connectivity index (χ0) is 17.1. The van der Waals surface area contributed by atoms with Crippen LogP contribution in [0.1, 0.15) is 17.5 Å². The van der Waals surface area contributed by atoms with Crippen molar-refractivity contribution in [2.45, 2.75) is 19.3 Å².